The average molecular weight is 298 g/mol. The van der Waals surface area contributed by atoms with Crippen molar-refractivity contribution in [3.8, 4) is 0 Å². The number of nitrogens with one attached hydrogen (secondary N) is 2. The largest absolute Gasteiger partial charge is 0.394 e. The molecule has 4 heteroatoms. The van der Waals surface area contributed by atoms with Gasteiger partial charge in [-0.25, -0.2) is 4.79 Å². The van der Waals surface area contributed by atoms with Crippen LogP contribution in [-0.2, 0) is 0 Å². The van der Waals surface area contributed by atoms with E-state index in [1.807, 2.05) is 54.6 Å². The molecular weight excluding hydrogens is 276 g/mol. The highest BCUT2D eigenvalue weighted by atomic mass is 16.3. The molecule has 0 saturated heterocycles. The van der Waals surface area contributed by atoms with E-state index in [0.717, 1.165) is 11.3 Å². The lowest BCUT2D eigenvalue weighted by atomic mass is 10.0. The first-order chi connectivity index (χ1) is 10.6. The van der Waals surface area contributed by atoms with E-state index in [1.54, 1.807) is 0 Å². The van der Waals surface area contributed by atoms with E-state index in [0.29, 0.717) is 5.92 Å². The zero-order chi connectivity index (χ0) is 15.9. The topological polar surface area (TPSA) is 61.4 Å². The van der Waals surface area contributed by atoms with Crippen molar-refractivity contribution in [2.45, 2.75) is 25.8 Å². The number of hydrogen-bond donors (Lipinski definition) is 3. The summed E-state index contributed by atoms with van der Waals surface area (Å²) in [5.41, 5.74) is 2.78. The molecule has 0 fully saturated rings. The van der Waals surface area contributed by atoms with Crippen molar-refractivity contribution in [1.82, 2.24) is 5.32 Å². The highest BCUT2D eigenvalue weighted by Gasteiger charge is 2.13. The lowest BCUT2D eigenvalue weighted by Crippen LogP contribution is -2.34. The summed E-state index contributed by atoms with van der Waals surface area (Å²) in [5, 5.41) is 15.1. The summed E-state index contributed by atoms with van der Waals surface area (Å²) >= 11 is 0. The number of amides is 2. The van der Waals surface area contributed by atoms with Gasteiger partial charge >= 0.3 is 6.03 Å². The summed E-state index contributed by atoms with van der Waals surface area (Å²) in [5.74, 6) is 0.402. The summed E-state index contributed by atoms with van der Waals surface area (Å²) in [7, 11) is 0. The fourth-order valence-corrected chi connectivity index (χ4v) is 2.22. The van der Waals surface area contributed by atoms with Crippen molar-refractivity contribution in [3.05, 3.63) is 65.7 Å². The number of carbonyl (C=O) groups is 1. The molecule has 3 N–H and O–H groups in total. The first kappa shape index (κ1) is 16.0. The molecule has 0 unspecified atom stereocenters. The SMILES string of the molecule is CC(C)c1cccc(NC(=O)N[C@H](CO)c2ccccc2)c1. The predicted molar refractivity (Wildman–Crippen MR) is 89.0 cm³/mol. The van der Waals surface area contributed by atoms with Crippen LogP contribution in [0.5, 0.6) is 0 Å². The van der Waals surface area contributed by atoms with Gasteiger partial charge in [0.15, 0.2) is 0 Å². The molecule has 1 atom stereocenters. The maximum Gasteiger partial charge on any atom is 0.319 e. The first-order valence-electron chi connectivity index (χ1n) is 7.43. The van der Waals surface area contributed by atoms with Crippen LogP contribution in [0.15, 0.2) is 54.6 Å². The molecule has 116 valence electrons. The average Bonchev–Trinajstić information content (AvgIpc) is 2.53. The summed E-state index contributed by atoms with van der Waals surface area (Å²) in [6, 6.07) is 16.4. The Morgan fingerprint density at radius 3 is 2.36 bits per heavy atom. The molecule has 2 aromatic rings. The molecule has 0 aromatic heterocycles. The lowest BCUT2D eigenvalue weighted by Gasteiger charge is -2.17. The standard InChI is InChI=1S/C18H22N2O2/c1-13(2)15-9-6-10-16(11-15)19-18(22)20-17(12-21)14-7-4-3-5-8-14/h3-11,13,17,21H,12H2,1-2H3,(H2,19,20,22)/t17-/m1/s1. The molecule has 0 saturated carbocycles. The molecule has 0 aliphatic rings. The molecule has 0 heterocycles. The third-order valence-corrected chi connectivity index (χ3v) is 3.50. The Hall–Kier alpha value is -2.33. The monoisotopic (exact) mass is 298 g/mol. The van der Waals surface area contributed by atoms with Crippen LogP contribution in [0.1, 0.15) is 36.9 Å². The molecule has 2 rings (SSSR count). The molecule has 0 aliphatic carbocycles. The Bertz CT molecular complexity index is 611. The zero-order valence-electron chi connectivity index (χ0n) is 12.9. The van der Waals surface area contributed by atoms with Gasteiger partial charge in [-0.1, -0.05) is 56.3 Å². The van der Waals surface area contributed by atoms with Gasteiger partial charge in [0.2, 0.25) is 0 Å². The third kappa shape index (κ3) is 4.33. The minimum absolute atomic E-state index is 0.149. The van der Waals surface area contributed by atoms with Crippen LogP contribution >= 0.6 is 0 Å². The van der Waals surface area contributed by atoms with Gasteiger partial charge in [0.05, 0.1) is 12.6 Å². The van der Waals surface area contributed by atoms with Crippen LogP contribution in [0.3, 0.4) is 0 Å². The van der Waals surface area contributed by atoms with E-state index in [2.05, 4.69) is 24.5 Å². The maximum atomic E-state index is 12.1. The van der Waals surface area contributed by atoms with Crippen molar-refractivity contribution in [3.63, 3.8) is 0 Å². The Morgan fingerprint density at radius 1 is 1.05 bits per heavy atom. The van der Waals surface area contributed by atoms with Crippen LogP contribution in [0, 0.1) is 0 Å². The highest BCUT2D eigenvalue weighted by Crippen LogP contribution is 2.19. The molecule has 0 spiro atoms. The fraction of sp³-hybridized carbons (Fsp3) is 0.278. The van der Waals surface area contributed by atoms with E-state index in [1.165, 1.54) is 5.56 Å². The van der Waals surface area contributed by atoms with Crippen LogP contribution < -0.4 is 10.6 Å². The quantitative estimate of drug-likeness (QED) is 0.789. The van der Waals surface area contributed by atoms with Gasteiger partial charge in [-0.3, -0.25) is 0 Å². The number of carbonyl (C=O) groups excluding carboxylic acids is 1. The Morgan fingerprint density at radius 2 is 1.73 bits per heavy atom. The first-order valence-corrected chi connectivity index (χ1v) is 7.43. The number of rotatable bonds is 5. The van der Waals surface area contributed by atoms with E-state index < -0.39 is 6.04 Å². The van der Waals surface area contributed by atoms with Gasteiger partial charge in [-0.05, 0) is 29.2 Å². The molecule has 22 heavy (non-hydrogen) atoms. The second-order valence-corrected chi connectivity index (χ2v) is 5.52. The Labute approximate surface area is 131 Å². The highest BCUT2D eigenvalue weighted by molar-refractivity contribution is 5.89. The third-order valence-electron chi connectivity index (χ3n) is 3.50. The number of aliphatic hydroxyl groups is 1. The zero-order valence-corrected chi connectivity index (χ0v) is 12.9. The van der Waals surface area contributed by atoms with E-state index in [9.17, 15) is 9.90 Å². The number of urea groups is 1. The number of hydrogen-bond acceptors (Lipinski definition) is 2. The summed E-state index contributed by atoms with van der Waals surface area (Å²) in [6.07, 6.45) is 0. The minimum Gasteiger partial charge on any atom is -0.394 e. The minimum atomic E-state index is -0.422. The van der Waals surface area contributed by atoms with Crippen LogP contribution in [-0.4, -0.2) is 17.7 Å². The summed E-state index contributed by atoms with van der Waals surface area (Å²) < 4.78 is 0. The van der Waals surface area contributed by atoms with Crippen LogP contribution in [0.4, 0.5) is 10.5 Å². The van der Waals surface area contributed by atoms with Crippen molar-refractivity contribution in [2.75, 3.05) is 11.9 Å². The number of anilines is 1. The lowest BCUT2D eigenvalue weighted by molar-refractivity contribution is 0.225. The predicted octanol–water partition coefficient (Wildman–Crippen LogP) is 3.67. The van der Waals surface area contributed by atoms with Gasteiger partial charge in [-0.15, -0.1) is 0 Å². The molecule has 2 aromatic carbocycles. The smallest absolute Gasteiger partial charge is 0.319 e. The fourth-order valence-electron chi connectivity index (χ4n) is 2.22. The second kappa shape index (κ2) is 7.61. The van der Waals surface area contributed by atoms with Crippen molar-refractivity contribution in [2.24, 2.45) is 0 Å². The van der Waals surface area contributed by atoms with E-state index >= 15 is 0 Å². The normalized spacial score (nSPS) is 12.0. The molecule has 4 nitrogen and oxygen atoms in total. The van der Waals surface area contributed by atoms with Gasteiger partial charge in [-0.2, -0.15) is 0 Å². The summed E-state index contributed by atoms with van der Waals surface area (Å²) in [4.78, 5) is 12.1. The Kier molecular flexibility index (Phi) is 5.55. The molecule has 0 bridgehead atoms. The Balaban J connectivity index is 2.01. The van der Waals surface area contributed by atoms with Crippen LogP contribution in [0.2, 0.25) is 0 Å². The second-order valence-electron chi connectivity index (χ2n) is 5.52. The maximum absolute atomic E-state index is 12.1. The van der Waals surface area contributed by atoms with Gasteiger partial charge in [0, 0.05) is 5.69 Å². The van der Waals surface area contributed by atoms with Gasteiger partial charge in [0.25, 0.3) is 0 Å². The molecular formula is C18H22N2O2. The van der Waals surface area contributed by atoms with E-state index in [-0.39, 0.29) is 12.6 Å². The summed E-state index contributed by atoms with van der Waals surface area (Å²) in [6.45, 7) is 4.07. The molecule has 2 amide bonds. The molecule has 0 aliphatic heterocycles. The van der Waals surface area contributed by atoms with Crippen molar-refractivity contribution < 1.29 is 9.90 Å². The number of aliphatic hydroxyl groups excluding tert-OH is 1. The van der Waals surface area contributed by atoms with Gasteiger partial charge in [0.1, 0.15) is 0 Å². The van der Waals surface area contributed by atoms with E-state index in [4.69, 9.17) is 0 Å². The molecule has 0 radical (unpaired) electrons. The van der Waals surface area contributed by atoms with Crippen molar-refractivity contribution in [1.29, 1.82) is 0 Å². The number of benzene rings is 2. The van der Waals surface area contributed by atoms with Crippen LogP contribution in [0.25, 0.3) is 0 Å². The van der Waals surface area contributed by atoms with Crippen molar-refractivity contribution >= 4 is 11.7 Å². The van der Waals surface area contributed by atoms with Gasteiger partial charge < -0.3 is 15.7 Å².